The first-order valence-corrected chi connectivity index (χ1v) is 7.30. The highest BCUT2D eigenvalue weighted by molar-refractivity contribution is 5.99. The lowest BCUT2D eigenvalue weighted by Gasteiger charge is -2.31. The van der Waals surface area contributed by atoms with Crippen molar-refractivity contribution in [2.24, 2.45) is 0 Å². The number of anilines is 1. The van der Waals surface area contributed by atoms with Crippen LogP contribution in [0.5, 0.6) is 5.75 Å². The fourth-order valence-corrected chi connectivity index (χ4v) is 2.18. The minimum absolute atomic E-state index is 0.193. The molecule has 0 radical (unpaired) electrons. The molecule has 0 bridgehead atoms. The van der Waals surface area contributed by atoms with E-state index in [-0.39, 0.29) is 5.91 Å². The van der Waals surface area contributed by atoms with Gasteiger partial charge in [0, 0.05) is 0 Å². The molecule has 0 aromatic heterocycles. The van der Waals surface area contributed by atoms with Crippen molar-refractivity contribution in [3.8, 4) is 5.75 Å². The second-order valence-corrected chi connectivity index (χ2v) is 6.17. The molecule has 0 saturated heterocycles. The van der Waals surface area contributed by atoms with Crippen LogP contribution in [0.3, 0.4) is 0 Å². The minimum atomic E-state index is -0.680. The zero-order valence-electron chi connectivity index (χ0n) is 13.4. The van der Waals surface area contributed by atoms with Gasteiger partial charge in [0.15, 0.2) is 0 Å². The van der Waals surface area contributed by atoms with Crippen LogP contribution in [0.15, 0.2) is 24.3 Å². The standard InChI is InChI=1S/C16H22N2O4/c1-11(17-15(20)22-16(2,3)4)14(19)18-9-10-21-13-8-6-5-7-12(13)18/h5-8,11H,9-10H2,1-4H3,(H,17,20). The number of nitrogens with zero attached hydrogens (tertiary/aromatic N) is 1. The first-order valence-electron chi connectivity index (χ1n) is 7.30. The number of hydrogen-bond donors (Lipinski definition) is 1. The van der Waals surface area contributed by atoms with E-state index in [0.29, 0.717) is 18.9 Å². The van der Waals surface area contributed by atoms with Gasteiger partial charge in [0.25, 0.3) is 0 Å². The van der Waals surface area contributed by atoms with E-state index >= 15 is 0 Å². The molecule has 1 unspecified atom stereocenters. The van der Waals surface area contributed by atoms with Crippen molar-refractivity contribution in [3.63, 3.8) is 0 Å². The van der Waals surface area contributed by atoms with Crippen molar-refractivity contribution in [3.05, 3.63) is 24.3 Å². The molecule has 1 aromatic carbocycles. The van der Waals surface area contributed by atoms with Crippen LogP contribution in [0.1, 0.15) is 27.7 Å². The fraction of sp³-hybridized carbons (Fsp3) is 0.500. The van der Waals surface area contributed by atoms with Crippen molar-refractivity contribution >= 4 is 17.7 Å². The Kier molecular flexibility index (Phi) is 4.59. The highest BCUT2D eigenvalue weighted by atomic mass is 16.6. The van der Waals surface area contributed by atoms with Gasteiger partial charge in [-0.25, -0.2) is 4.79 Å². The van der Waals surface area contributed by atoms with E-state index in [1.807, 2.05) is 24.3 Å². The third-order valence-electron chi connectivity index (χ3n) is 3.10. The van der Waals surface area contributed by atoms with Gasteiger partial charge in [-0.3, -0.25) is 4.79 Å². The van der Waals surface area contributed by atoms with Gasteiger partial charge in [-0.05, 0) is 39.8 Å². The van der Waals surface area contributed by atoms with Crippen LogP contribution in [-0.2, 0) is 9.53 Å². The summed E-state index contributed by atoms with van der Waals surface area (Å²) in [5.74, 6) is 0.480. The van der Waals surface area contributed by atoms with Crippen LogP contribution in [0.25, 0.3) is 0 Å². The molecule has 1 aromatic rings. The Morgan fingerprint density at radius 2 is 2.00 bits per heavy atom. The van der Waals surface area contributed by atoms with Gasteiger partial charge in [0.1, 0.15) is 24.0 Å². The number of alkyl carbamates (subject to hydrolysis) is 1. The van der Waals surface area contributed by atoms with Crippen LogP contribution in [-0.4, -0.2) is 36.8 Å². The first kappa shape index (κ1) is 16.1. The second-order valence-electron chi connectivity index (χ2n) is 6.17. The summed E-state index contributed by atoms with van der Waals surface area (Å²) in [6, 6.07) is 6.67. The average molecular weight is 306 g/mol. The zero-order valence-corrected chi connectivity index (χ0v) is 13.4. The smallest absolute Gasteiger partial charge is 0.408 e. The number of carbonyl (C=O) groups excluding carboxylic acids is 2. The molecule has 0 fully saturated rings. The Bertz CT molecular complexity index is 566. The predicted octanol–water partition coefficient (Wildman–Crippen LogP) is 2.33. The van der Waals surface area contributed by atoms with E-state index in [1.165, 1.54) is 0 Å². The number of hydrogen-bond acceptors (Lipinski definition) is 4. The number of carbonyl (C=O) groups is 2. The highest BCUT2D eigenvalue weighted by Gasteiger charge is 2.29. The number of rotatable bonds is 2. The van der Waals surface area contributed by atoms with Crippen molar-refractivity contribution in [1.82, 2.24) is 5.32 Å². The van der Waals surface area contributed by atoms with E-state index in [1.54, 1.807) is 32.6 Å². The van der Waals surface area contributed by atoms with Crippen LogP contribution < -0.4 is 15.0 Å². The Hall–Kier alpha value is -2.24. The summed E-state index contributed by atoms with van der Waals surface area (Å²) in [5.41, 5.74) is 0.120. The monoisotopic (exact) mass is 306 g/mol. The lowest BCUT2D eigenvalue weighted by Crippen LogP contribution is -2.50. The lowest BCUT2D eigenvalue weighted by molar-refractivity contribution is -0.120. The van der Waals surface area contributed by atoms with Gasteiger partial charge in [-0.1, -0.05) is 12.1 Å². The van der Waals surface area contributed by atoms with Crippen molar-refractivity contribution < 1.29 is 19.1 Å². The molecule has 0 aliphatic carbocycles. The van der Waals surface area contributed by atoms with Crippen LogP contribution >= 0.6 is 0 Å². The largest absolute Gasteiger partial charge is 0.490 e. The molecule has 0 saturated carbocycles. The SMILES string of the molecule is CC(NC(=O)OC(C)(C)C)C(=O)N1CCOc2ccccc21. The minimum Gasteiger partial charge on any atom is -0.490 e. The van der Waals surface area contributed by atoms with Crippen LogP contribution in [0, 0.1) is 0 Å². The summed E-state index contributed by atoms with van der Waals surface area (Å²) in [4.78, 5) is 26.0. The maximum atomic E-state index is 12.6. The molecule has 2 rings (SSSR count). The van der Waals surface area contributed by atoms with Gasteiger partial charge >= 0.3 is 6.09 Å². The van der Waals surface area contributed by atoms with E-state index in [4.69, 9.17) is 9.47 Å². The predicted molar refractivity (Wildman–Crippen MR) is 83.1 cm³/mol. The van der Waals surface area contributed by atoms with E-state index < -0.39 is 17.7 Å². The van der Waals surface area contributed by atoms with Gasteiger partial charge < -0.3 is 19.7 Å². The van der Waals surface area contributed by atoms with Gasteiger partial charge in [-0.15, -0.1) is 0 Å². The average Bonchev–Trinajstić information content (AvgIpc) is 2.43. The highest BCUT2D eigenvalue weighted by Crippen LogP contribution is 2.31. The topological polar surface area (TPSA) is 67.9 Å². The van der Waals surface area contributed by atoms with Crippen molar-refractivity contribution in [1.29, 1.82) is 0 Å². The van der Waals surface area contributed by atoms with Crippen molar-refractivity contribution in [2.75, 3.05) is 18.1 Å². The quantitative estimate of drug-likeness (QED) is 0.910. The molecule has 1 aliphatic heterocycles. The maximum absolute atomic E-state index is 12.6. The lowest BCUT2D eigenvalue weighted by atomic mass is 10.2. The number of amides is 2. The van der Waals surface area contributed by atoms with Gasteiger partial charge in [0.2, 0.25) is 5.91 Å². The molecule has 6 nitrogen and oxygen atoms in total. The Balaban J connectivity index is 2.04. The summed E-state index contributed by atoms with van der Waals surface area (Å²) >= 11 is 0. The number of ether oxygens (including phenoxy) is 2. The first-order chi connectivity index (χ1) is 10.3. The third-order valence-corrected chi connectivity index (χ3v) is 3.10. The Morgan fingerprint density at radius 1 is 1.32 bits per heavy atom. The molecule has 1 N–H and O–H groups in total. The van der Waals surface area contributed by atoms with E-state index in [9.17, 15) is 9.59 Å². The molecule has 22 heavy (non-hydrogen) atoms. The third kappa shape index (κ3) is 3.90. The fourth-order valence-electron chi connectivity index (χ4n) is 2.18. The number of benzene rings is 1. The number of para-hydroxylation sites is 2. The number of nitrogens with one attached hydrogen (secondary N) is 1. The zero-order chi connectivity index (χ0) is 16.3. The summed E-state index contributed by atoms with van der Waals surface area (Å²) in [6.45, 7) is 7.86. The number of fused-ring (bicyclic) bond motifs is 1. The van der Waals surface area contributed by atoms with E-state index in [0.717, 1.165) is 5.69 Å². The molecule has 0 spiro atoms. The Morgan fingerprint density at radius 3 is 2.68 bits per heavy atom. The molecule has 120 valence electrons. The molecular formula is C16H22N2O4. The normalized spacial score (nSPS) is 15.4. The molecule has 2 amide bonds. The van der Waals surface area contributed by atoms with Crippen LogP contribution in [0.4, 0.5) is 10.5 Å². The molecular weight excluding hydrogens is 284 g/mol. The molecule has 1 heterocycles. The van der Waals surface area contributed by atoms with Gasteiger partial charge in [-0.2, -0.15) is 0 Å². The van der Waals surface area contributed by atoms with E-state index in [2.05, 4.69) is 5.32 Å². The Labute approximate surface area is 130 Å². The molecule has 1 aliphatic rings. The second kappa shape index (κ2) is 6.25. The maximum Gasteiger partial charge on any atom is 0.408 e. The molecule has 1 atom stereocenters. The summed E-state index contributed by atoms with van der Waals surface area (Å²) in [5, 5.41) is 2.57. The summed E-state index contributed by atoms with van der Waals surface area (Å²) in [7, 11) is 0. The molecule has 6 heteroatoms. The van der Waals surface area contributed by atoms with Crippen molar-refractivity contribution in [2.45, 2.75) is 39.3 Å². The van der Waals surface area contributed by atoms with Crippen LogP contribution in [0.2, 0.25) is 0 Å². The summed E-state index contributed by atoms with van der Waals surface area (Å²) in [6.07, 6.45) is -0.602. The van der Waals surface area contributed by atoms with Gasteiger partial charge in [0.05, 0.1) is 12.2 Å². The summed E-state index contributed by atoms with van der Waals surface area (Å²) < 4.78 is 10.7.